The van der Waals surface area contributed by atoms with Crippen molar-refractivity contribution in [3.8, 4) is 0 Å². The van der Waals surface area contributed by atoms with Gasteiger partial charge in [-0.1, -0.05) is 58.6 Å². The molecule has 0 bridgehead atoms. The predicted octanol–water partition coefficient (Wildman–Crippen LogP) is 10.0. The zero-order valence-corrected chi connectivity index (χ0v) is 39.3. The third kappa shape index (κ3) is 23.1. The molecule has 0 saturated carbocycles. The van der Waals surface area contributed by atoms with Crippen LogP contribution in [0.4, 0.5) is 0 Å². The van der Waals surface area contributed by atoms with Crippen LogP contribution in [-0.4, -0.2) is 76.0 Å². The summed E-state index contributed by atoms with van der Waals surface area (Å²) in [6.07, 6.45) is 8.82. The second kappa shape index (κ2) is 21.1. The second-order valence-corrected chi connectivity index (χ2v) is 39.5. The minimum absolute atomic E-state index is 0.263. The predicted molar refractivity (Wildman–Crippen MR) is 213 cm³/mol. The number of hydrogen-bond donors (Lipinski definition) is 0. The van der Waals surface area contributed by atoms with Gasteiger partial charge in [0.1, 0.15) is 0 Å². The number of ether oxygens (including phenoxy) is 2. The molecule has 0 saturated heterocycles. The van der Waals surface area contributed by atoms with Gasteiger partial charge in [0.15, 0.2) is 16.6 Å². The fourth-order valence-corrected chi connectivity index (χ4v) is 35.8. The van der Waals surface area contributed by atoms with E-state index in [-0.39, 0.29) is 19.2 Å². The van der Waals surface area contributed by atoms with Crippen molar-refractivity contribution in [2.45, 2.75) is 162 Å². The van der Waals surface area contributed by atoms with Crippen molar-refractivity contribution in [2.75, 3.05) is 13.2 Å². The molecule has 0 radical (unpaired) electrons. The minimum atomic E-state index is -2.92. The summed E-state index contributed by atoms with van der Waals surface area (Å²) in [5.41, 5.74) is 0.763. The summed E-state index contributed by atoms with van der Waals surface area (Å²) in [6.45, 7) is 37.1. The van der Waals surface area contributed by atoms with E-state index in [2.05, 4.69) is 92.1 Å². The molecule has 0 aliphatic rings. The summed E-state index contributed by atoms with van der Waals surface area (Å²) >= 11 is 0. The van der Waals surface area contributed by atoms with Gasteiger partial charge in [0, 0.05) is 11.1 Å². The standard InChI is InChI=1S/C33H72O9Si6/c1-17-18-19-20-21-22-27-44(9,10)39-45(11,12)40-48(16,29-24-26-37-33(35)31(4)5)42-46(13,14)41-47(15,38-43(6,7)8)28-23-25-36-32(34)30(2)3/h2,4,17-29H2,1,3,5-16H3. The highest BCUT2D eigenvalue weighted by Crippen LogP contribution is 2.32. The summed E-state index contributed by atoms with van der Waals surface area (Å²) in [6, 6.07) is 2.40. The van der Waals surface area contributed by atoms with Crippen molar-refractivity contribution in [3.63, 3.8) is 0 Å². The molecule has 0 amide bonds. The molecule has 0 aromatic rings. The van der Waals surface area contributed by atoms with Crippen molar-refractivity contribution in [3.05, 3.63) is 24.3 Å². The molecule has 0 aromatic heterocycles. The topological polar surface area (TPSA) is 98.8 Å². The zero-order chi connectivity index (χ0) is 37.5. The van der Waals surface area contributed by atoms with Gasteiger partial charge in [0.05, 0.1) is 13.2 Å². The van der Waals surface area contributed by atoms with E-state index in [0.29, 0.717) is 36.1 Å². The SMILES string of the molecule is C=C(C)C(=O)OCCC[Si](C)(O[Si](C)(C)C)O[Si](C)(C)O[Si](C)(CCCOC(=O)C(=C)C)O[Si](C)(C)O[Si](C)(C)CCCCCCCC. The molecule has 0 fully saturated rings. The average molecular weight is 781 g/mol. The quantitative estimate of drug-likeness (QED) is 0.0349. The molecule has 0 heterocycles. The zero-order valence-electron chi connectivity index (χ0n) is 33.3. The Bertz CT molecular complexity index is 1030. The Morgan fingerprint density at radius 3 is 1.27 bits per heavy atom. The van der Waals surface area contributed by atoms with Gasteiger partial charge in [-0.15, -0.1) is 0 Å². The van der Waals surface area contributed by atoms with E-state index in [1.807, 2.05) is 0 Å². The van der Waals surface area contributed by atoms with Gasteiger partial charge in [-0.25, -0.2) is 9.59 Å². The fourth-order valence-electron chi connectivity index (χ4n) is 5.91. The van der Waals surface area contributed by atoms with E-state index >= 15 is 0 Å². The molecule has 0 aliphatic heterocycles. The second-order valence-electron chi connectivity index (χ2n) is 16.0. The molecule has 9 nitrogen and oxygen atoms in total. The van der Waals surface area contributed by atoms with E-state index in [4.69, 9.17) is 30.0 Å². The first kappa shape index (κ1) is 47.5. The van der Waals surface area contributed by atoms with Crippen molar-refractivity contribution in [2.24, 2.45) is 0 Å². The largest absolute Gasteiger partial charge is 0.462 e. The summed E-state index contributed by atoms with van der Waals surface area (Å²) in [5, 5.41) is 0. The number of carbonyl (C=O) groups excluding carboxylic acids is 2. The van der Waals surface area contributed by atoms with Crippen molar-refractivity contribution in [1.82, 2.24) is 0 Å². The minimum Gasteiger partial charge on any atom is -0.462 e. The molecule has 2 unspecified atom stereocenters. The van der Waals surface area contributed by atoms with E-state index in [9.17, 15) is 9.59 Å². The first-order valence-corrected chi connectivity index (χ1v) is 35.1. The number of esters is 2. The van der Waals surface area contributed by atoms with Crippen molar-refractivity contribution >= 4 is 62.8 Å². The summed E-state index contributed by atoms with van der Waals surface area (Å²) < 4.78 is 45.6. The maximum absolute atomic E-state index is 12.1. The highest BCUT2D eigenvalue weighted by Gasteiger charge is 2.49. The highest BCUT2D eigenvalue weighted by atomic mass is 28.5. The molecule has 0 rings (SSSR count). The van der Waals surface area contributed by atoms with Crippen molar-refractivity contribution in [1.29, 1.82) is 0 Å². The number of rotatable bonds is 27. The van der Waals surface area contributed by atoms with Crippen LogP contribution in [0.25, 0.3) is 0 Å². The van der Waals surface area contributed by atoms with E-state index in [1.54, 1.807) is 13.8 Å². The van der Waals surface area contributed by atoms with Crippen LogP contribution in [0.1, 0.15) is 72.1 Å². The molecule has 0 aliphatic carbocycles. The smallest absolute Gasteiger partial charge is 0.333 e. The molecular weight excluding hydrogens is 709 g/mol. The van der Waals surface area contributed by atoms with Crippen LogP contribution in [0, 0.1) is 0 Å². The van der Waals surface area contributed by atoms with Gasteiger partial charge in [0.2, 0.25) is 0 Å². The monoisotopic (exact) mass is 780 g/mol. The van der Waals surface area contributed by atoms with Crippen LogP contribution in [0.3, 0.4) is 0 Å². The summed E-state index contributed by atoms with van der Waals surface area (Å²) in [4.78, 5) is 24.0. The van der Waals surface area contributed by atoms with Gasteiger partial charge in [-0.05, 0) is 117 Å². The lowest BCUT2D eigenvalue weighted by molar-refractivity contribution is -0.139. The van der Waals surface area contributed by atoms with Crippen LogP contribution in [0.2, 0.25) is 90.1 Å². The molecule has 15 heteroatoms. The maximum atomic E-state index is 12.1. The lowest BCUT2D eigenvalue weighted by Gasteiger charge is -2.45. The summed E-state index contributed by atoms with van der Waals surface area (Å²) in [5.74, 6) is -0.776. The number of hydrogen-bond acceptors (Lipinski definition) is 9. The number of carbonyl (C=O) groups is 2. The van der Waals surface area contributed by atoms with Gasteiger partial charge < -0.3 is 30.0 Å². The fraction of sp³-hybridized carbons (Fsp3) is 0.818. The lowest BCUT2D eigenvalue weighted by Crippen LogP contribution is -2.61. The molecule has 48 heavy (non-hydrogen) atoms. The lowest BCUT2D eigenvalue weighted by atomic mass is 10.1. The van der Waals surface area contributed by atoms with Gasteiger partial charge >= 0.3 is 46.2 Å². The Morgan fingerprint density at radius 2 is 0.875 bits per heavy atom. The first-order valence-electron chi connectivity index (χ1n) is 17.9. The first-order chi connectivity index (χ1) is 21.8. The third-order valence-corrected chi connectivity index (χ3v) is 30.8. The Labute approximate surface area is 301 Å². The molecular formula is C33H72O9Si6. The van der Waals surface area contributed by atoms with Crippen LogP contribution < -0.4 is 0 Å². The number of unbranched alkanes of at least 4 members (excludes halogenated alkanes) is 5. The maximum Gasteiger partial charge on any atom is 0.333 e. The summed E-state index contributed by atoms with van der Waals surface area (Å²) in [7, 11) is -15.1. The van der Waals surface area contributed by atoms with Crippen LogP contribution in [0.5, 0.6) is 0 Å². The van der Waals surface area contributed by atoms with Crippen LogP contribution in [0.15, 0.2) is 24.3 Å². The molecule has 0 N–H and O–H groups in total. The Hall–Kier alpha value is -0.479. The van der Waals surface area contributed by atoms with E-state index < -0.39 is 56.8 Å². The molecule has 2 atom stereocenters. The Morgan fingerprint density at radius 1 is 0.500 bits per heavy atom. The van der Waals surface area contributed by atoms with Gasteiger partial charge in [-0.3, -0.25) is 0 Å². The highest BCUT2D eigenvalue weighted by molar-refractivity contribution is 6.91. The van der Waals surface area contributed by atoms with Crippen LogP contribution in [-0.2, 0) is 39.6 Å². The Balaban J connectivity index is 5.95. The molecule has 0 aromatic carbocycles. The van der Waals surface area contributed by atoms with Crippen LogP contribution >= 0.6 is 0 Å². The van der Waals surface area contributed by atoms with Crippen molar-refractivity contribution < 1.29 is 39.6 Å². The van der Waals surface area contributed by atoms with Gasteiger partial charge in [0.25, 0.3) is 0 Å². The molecule has 0 spiro atoms. The Kier molecular flexibility index (Phi) is 20.9. The van der Waals surface area contributed by atoms with Gasteiger partial charge in [-0.2, -0.15) is 0 Å². The van der Waals surface area contributed by atoms with E-state index in [1.165, 1.54) is 38.5 Å². The van der Waals surface area contributed by atoms with E-state index in [0.717, 1.165) is 6.04 Å². The molecule has 282 valence electrons. The average Bonchev–Trinajstić information content (AvgIpc) is 2.87. The normalized spacial score (nSPS) is 15.4. The third-order valence-electron chi connectivity index (χ3n) is 7.28.